The SMILES string of the molecule is Cc1ccc(-c2nc(C)n(C)c2CN)cc1. The summed E-state index contributed by atoms with van der Waals surface area (Å²) in [6.45, 7) is 4.59. The van der Waals surface area contributed by atoms with E-state index in [-0.39, 0.29) is 0 Å². The fraction of sp³-hybridized carbons (Fsp3) is 0.308. The predicted octanol–water partition coefficient (Wildman–Crippen LogP) is 2.16. The molecule has 1 aromatic heterocycles. The van der Waals surface area contributed by atoms with Gasteiger partial charge in [0.05, 0.1) is 11.4 Å². The molecule has 0 bridgehead atoms. The molecular weight excluding hydrogens is 198 g/mol. The molecule has 0 spiro atoms. The standard InChI is InChI=1S/C13H17N3/c1-9-4-6-11(7-5-9)13-12(8-14)16(3)10(2)15-13/h4-7H,8,14H2,1-3H3. The van der Waals surface area contributed by atoms with Crippen molar-refractivity contribution in [1.29, 1.82) is 0 Å². The lowest BCUT2D eigenvalue weighted by Crippen LogP contribution is -2.05. The number of aryl methyl sites for hydroxylation is 2. The molecular formula is C13H17N3. The number of hydrogen-bond donors (Lipinski definition) is 1. The fourth-order valence-corrected chi connectivity index (χ4v) is 1.83. The van der Waals surface area contributed by atoms with Crippen LogP contribution in [0, 0.1) is 13.8 Å². The lowest BCUT2D eigenvalue weighted by molar-refractivity contribution is 0.789. The summed E-state index contributed by atoms with van der Waals surface area (Å²) in [4.78, 5) is 4.56. The van der Waals surface area contributed by atoms with Crippen molar-refractivity contribution in [3.05, 3.63) is 41.3 Å². The smallest absolute Gasteiger partial charge is 0.106 e. The van der Waals surface area contributed by atoms with Crippen LogP contribution in [0.1, 0.15) is 17.1 Å². The summed E-state index contributed by atoms with van der Waals surface area (Å²) in [6.07, 6.45) is 0. The molecule has 0 saturated carbocycles. The molecule has 0 saturated heterocycles. The normalized spacial score (nSPS) is 10.8. The maximum atomic E-state index is 5.77. The van der Waals surface area contributed by atoms with E-state index in [1.807, 2.05) is 14.0 Å². The summed E-state index contributed by atoms with van der Waals surface area (Å²) in [5.41, 5.74) is 10.2. The van der Waals surface area contributed by atoms with Crippen LogP contribution in [-0.4, -0.2) is 9.55 Å². The van der Waals surface area contributed by atoms with Gasteiger partial charge >= 0.3 is 0 Å². The highest BCUT2D eigenvalue weighted by Gasteiger charge is 2.12. The second kappa shape index (κ2) is 4.10. The van der Waals surface area contributed by atoms with Crippen molar-refractivity contribution >= 4 is 0 Å². The molecule has 1 heterocycles. The third kappa shape index (κ3) is 1.74. The summed E-state index contributed by atoms with van der Waals surface area (Å²) < 4.78 is 2.05. The van der Waals surface area contributed by atoms with Crippen molar-refractivity contribution in [3.8, 4) is 11.3 Å². The van der Waals surface area contributed by atoms with E-state index in [9.17, 15) is 0 Å². The van der Waals surface area contributed by atoms with Gasteiger partial charge in [-0.2, -0.15) is 0 Å². The van der Waals surface area contributed by atoms with Gasteiger partial charge in [0.1, 0.15) is 5.82 Å². The molecule has 2 aromatic rings. The zero-order valence-corrected chi connectivity index (χ0v) is 9.99. The van der Waals surface area contributed by atoms with Crippen LogP contribution in [0.2, 0.25) is 0 Å². The van der Waals surface area contributed by atoms with Gasteiger partial charge < -0.3 is 10.3 Å². The van der Waals surface area contributed by atoms with Crippen molar-refractivity contribution in [2.24, 2.45) is 12.8 Å². The Morgan fingerprint density at radius 3 is 2.38 bits per heavy atom. The Kier molecular flexibility index (Phi) is 2.79. The van der Waals surface area contributed by atoms with Crippen molar-refractivity contribution in [3.63, 3.8) is 0 Å². The minimum absolute atomic E-state index is 0.514. The third-order valence-electron chi connectivity index (χ3n) is 2.96. The molecule has 0 atom stereocenters. The Hall–Kier alpha value is -1.61. The number of aromatic nitrogens is 2. The van der Waals surface area contributed by atoms with E-state index < -0.39 is 0 Å². The highest BCUT2D eigenvalue weighted by Crippen LogP contribution is 2.23. The largest absolute Gasteiger partial charge is 0.334 e. The molecule has 0 aliphatic heterocycles. The Morgan fingerprint density at radius 2 is 1.81 bits per heavy atom. The van der Waals surface area contributed by atoms with Crippen LogP contribution in [0.5, 0.6) is 0 Å². The van der Waals surface area contributed by atoms with Gasteiger partial charge in [-0.3, -0.25) is 0 Å². The maximum Gasteiger partial charge on any atom is 0.106 e. The van der Waals surface area contributed by atoms with E-state index in [0.717, 1.165) is 22.8 Å². The second-order valence-electron chi connectivity index (χ2n) is 4.08. The number of hydrogen-bond acceptors (Lipinski definition) is 2. The molecule has 0 radical (unpaired) electrons. The number of imidazole rings is 1. The number of benzene rings is 1. The van der Waals surface area contributed by atoms with Crippen LogP contribution in [-0.2, 0) is 13.6 Å². The predicted molar refractivity (Wildman–Crippen MR) is 66.0 cm³/mol. The maximum absolute atomic E-state index is 5.77. The second-order valence-corrected chi connectivity index (χ2v) is 4.08. The van der Waals surface area contributed by atoms with E-state index in [1.54, 1.807) is 0 Å². The van der Waals surface area contributed by atoms with E-state index in [0.29, 0.717) is 6.54 Å². The summed E-state index contributed by atoms with van der Waals surface area (Å²) >= 11 is 0. The van der Waals surface area contributed by atoms with Gasteiger partial charge in [-0.25, -0.2) is 4.98 Å². The van der Waals surface area contributed by atoms with Crippen molar-refractivity contribution in [2.45, 2.75) is 20.4 Å². The minimum atomic E-state index is 0.514. The van der Waals surface area contributed by atoms with Crippen LogP contribution < -0.4 is 5.73 Å². The van der Waals surface area contributed by atoms with Gasteiger partial charge in [0, 0.05) is 19.2 Å². The number of rotatable bonds is 2. The third-order valence-corrected chi connectivity index (χ3v) is 2.96. The van der Waals surface area contributed by atoms with Crippen LogP contribution in [0.3, 0.4) is 0 Å². The zero-order valence-electron chi connectivity index (χ0n) is 9.99. The molecule has 3 heteroatoms. The Balaban J connectivity index is 2.55. The van der Waals surface area contributed by atoms with E-state index in [4.69, 9.17) is 5.73 Å². The Morgan fingerprint density at radius 1 is 1.19 bits per heavy atom. The topological polar surface area (TPSA) is 43.8 Å². The van der Waals surface area contributed by atoms with Crippen LogP contribution in [0.25, 0.3) is 11.3 Å². The average Bonchev–Trinajstić information content (AvgIpc) is 2.56. The molecule has 16 heavy (non-hydrogen) atoms. The van der Waals surface area contributed by atoms with Gasteiger partial charge in [0.25, 0.3) is 0 Å². The molecule has 84 valence electrons. The van der Waals surface area contributed by atoms with E-state index in [1.165, 1.54) is 5.56 Å². The van der Waals surface area contributed by atoms with Gasteiger partial charge in [-0.1, -0.05) is 29.8 Å². The first-order valence-corrected chi connectivity index (χ1v) is 5.42. The zero-order chi connectivity index (χ0) is 11.7. The number of nitrogens with two attached hydrogens (primary N) is 1. The van der Waals surface area contributed by atoms with Gasteiger partial charge in [-0.05, 0) is 13.8 Å². The van der Waals surface area contributed by atoms with Crippen molar-refractivity contribution in [1.82, 2.24) is 9.55 Å². The van der Waals surface area contributed by atoms with Crippen molar-refractivity contribution in [2.75, 3.05) is 0 Å². The molecule has 2 N–H and O–H groups in total. The fourth-order valence-electron chi connectivity index (χ4n) is 1.83. The molecule has 0 aliphatic rings. The first kappa shape index (κ1) is 10.9. The molecule has 0 fully saturated rings. The van der Waals surface area contributed by atoms with Gasteiger partial charge in [0.15, 0.2) is 0 Å². The monoisotopic (exact) mass is 215 g/mol. The Bertz CT molecular complexity index is 495. The lowest BCUT2D eigenvalue weighted by Gasteiger charge is -2.03. The first-order chi connectivity index (χ1) is 7.63. The average molecular weight is 215 g/mol. The summed E-state index contributed by atoms with van der Waals surface area (Å²) in [6, 6.07) is 8.38. The minimum Gasteiger partial charge on any atom is -0.334 e. The highest BCUT2D eigenvalue weighted by atomic mass is 15.1. The van der Waals surface area contributed by atoms with Crippen LogP contribution in [0.4, 0.5) is 0 Å². The van der Waals surface area contributed by atoms with E-state index in [2.05, 4.69) is 40.7 Å². The Labute approximate surface area is 95.9 Å². The van der Waals surface area contributed by atoms with Crippen LogP contribution >= 0.6 is 0 Å². The summed E-state index contributed by atoms with van der Waals surface area (Å²) in [7, 11) is 2.00. The lowest BCUT2D eigenvalue weighted by atomic mass is 10.1. The molecule has 1 aromatic carbocycles. The quantitative estimate of drug-likeness (QED) is 0.834. The summed E-state index contributed by atoms with van der Waals surface area (Å²) in [5.74, 6) is 0.996. The van der Waals surface area contributed by atoms with Crippen molar-refractivity contribution < 1.29 is 0 Å². The highest BCUT2D eigenvalue weighted by molar-refractivity contribution is 5.62. The molecule has 0 aliphatic carbocycles. The number of nitrogens with zero attached hydrogens (tertiary/aromatic N) is 2. The molecule has 0 unspecified atom stereocenters. The van der Waals surface area contributed by atoms with Crippen LogP contribution in [0.15, 0.2) is 24.3 Å². The summed E-state index contributed by atoms with van der Waals surface area (Å²) in [5, 5.41) is 0. The van der Waals surface area contributed by atoms with E-state index >= 15 is 0 Å². The van der Waals surface area contributed by atoms with Gasteiger partial charge in [0.2, 0.25) is 0 Å². The molecule has 0 amide bonds. The van der Waals surface area contributed by atoms with Gasteiger partial charge in [-0.15, -0.1) is 0 Å². The first-order valence-electron chi connectivity index (χ1n) is 5.42. The molecule has 3 nitrogen and oxygen atoms in total. The molecule has 2 rings (SSSR count).